The van der Waals surface area contributed by atoms with Gasteiger partial charge in [0.25, 0.3) is 0 Å². The summed E-state index contributed by atoms with van der Waals surface area (Å²) in [5.41, 5.74) is 0. The third kappa shape index (κ3) is 3.63. The predicted molar refractivity (Wildman–Crippen MR) is 81.2 cm³/mol. The highest BCUT2D eigenvalue weighted by Crippen LogP contribution is 2.29. The molecule has 2 rings (SSSR count). The summed E-state index contributed by atoms with van der Waals surface area (Å²) in [5.74, 6) is 1.75. The van der Waals surface area contributed by atoms with Crippen LogP contribution >= 0.6 is 27.7 Å². The molecule has 1 saturated heterocycles. The maximum absolute atomic E-state index is 4.70. The number of rotatable bonds is 2. The van der Waals surface area contributed by atoms with Crippen molar-refractivity contribution in [2.75, 3.05) is 25.0 Å². The summed E-state index contributed by atoms with van der Waals surface area (Å²) in [6.07, 6.45) is 4.08. The molecule has 1 fully saturated rings. The molecule has 0 spiro atoms. The van der Waals surface area contributed by atoms with Crippen LogP contribution in [-0.2, 0) is 0 Å². The molecule has 0 amide bonds. The highest BCUT2D eigenvalue weighted by Gasteiger charge is 2.26. The van der Waals surface area contributed by atoms with Crippen LogP contribution in [0.5, 0.6) is 0 Å². The average Bonchev–Trinajstić information content (AvgIpc) is 2.65. The highest BCUT2D eigenvalue weighted by molar-refractivity contribution is 9.09. The molecule has 2 heterocycles. The van der Waals surface area contributed by atoms with Crippen LogP contribution in [0.15, 0.2) is 4.99 Å². The molecule has 98 valence electrons. The predicted octanol–water partition coefficient (Wildman–Crippen LogP) is 3.61. The standard InChI is InChI=1S/C13H23BrN2S/c1-10(2)11-4-3-6-16(7-5-11)13-15-9-12(8-14)17-13/h10-12H,3-9H2,1-2H3. The molecule has 0 saturated carbocycles. The van der Waals surface area contributed by atoms with Crippen molar-refractivity contribution in [1.29, 1.82) is 0 Å². The highest BCUT2D eigenvalue weighted by atomic mass is 79.9. The van der Waals surface area contributed by atoms with Crippen molar-refractivity contribution in [3.63, 3.8) is 0 Å². The number of hydrogen-bond acceptors (Lipinski definition) is 3. The van der Waals surface area contributed by atoms with Crippen LogP contribution in [0.25, 0.3) is 0 Å². The molecule has 0 aliphatic carbocycles. The van der Waals surface area contributed by atoms with E-state index in [0.717, 1.165) is 23.7 Å². The van der Waals surface area contributed by atoms with Gasteiger partial charge in [-0.15, -0.1) is 0 Å². The number of aliphatic imine (C=N–C) groups is 1. The van der Waals surface area contributed by atoms with E-state index in [1.165, 1.54) is 37.5 Å². The van der Waals surface area contributed by atoms with Gasteiger partial charge in [0.2, 0.25) is 0 Å². The lowest BCUT2D eigenvalue weighted by atomic mass is 9.89. The van der Waals surface area contributed by atoms with E-state index in [-0.39, 0.29) is 0 Å². The van der Waals surface area contributed by atoms with Gasteiger partial charge in [-0.25, -0.2) is 0 Å². The van der Waals surface area contributed by atoms with Gasteiger partial charge in [0.1, 0.15) is 0 Å². The summed E-state index contributed by atoms with van der Waals surface area (Å²) < 4.78 is 0. The second-order valence-electron chi connectivity index (χ2n) is 5.44. The Hall–Kier alpha value is 0.300. The SMILES string of the molecule is CC(C)C1CCCN(C2=NCC(CBr)S2)CC1. The second kappa shape index (κ2) is 6.46. The molecule has 17 heavy (non-hydrogen) atoms. The molecule has 0 aromatic rings. The zero-order valence-electron chi connectivity index (χ0n) is 10.9. The molecule has 0 radical (unpaired) electrons. The molecular formula is C13H23BrN2S. The van der Waals surface area contributed by atoms with E-state index in [0.29, 0.717) is 5.25 Å². The van der Waals surface area contributed by atoms with Gasteiger partial charge in [0, 0.05) is 23.7 Å². The van der Waals surface area contributed by atoms with Crippen LogP contribution in [0.2, 0.25) is 0 Å². The smallest absolute Gasteiger partial charge is 0.159 e. The first-order valence-electron chi connectivity index (χ1n) is 6.72. The normalized spacial score (nSPS) is 30.6. The molecule has 0 N–H and O–H groups in total. The number of likely N-dealkylation sites (tertiary alicyclic amines) is 1. The molecule has 2 atom stereocenters. The Morgan fingerprint density at radius 3 is 2.88 bits per heavy atom. The van der Waals surface area contributed by atoms with Gasteiger partial charge in [-0.1, -0.05) is 41.5 Å². The molecular weight excluding hydrogens is 296 g/mol. The fraction of sp³-hybridized carbons (Fsp3) is 0.923. The molecule has 4 heteroatoms. The molecule has 2 unspecified atom stereocenters. The first-order chi connectivity index (χ1) is 8.20. The Labute approximate surface area is 118 Å². The van der Waals surface area contributed by atoms with Gasteiger partial charge in [-0.05, 0) is 31.1 Å². The van der Waals surface area contributed by atoms with Gasteiger partial charge in [-0.2, -0.15) is 0 Å². The van der Waals surface area contributed by atoms with E-state index in [1.807, 2.05) is 11.8 Å². The topological polar surface area (TPSA) is 15.6 Å². The number of halogens is 1. The maximum Gasteiger partial charge on any atom is 0.159 e. The van der Waals surface area contributed by atoms with Crippen LogP contribution in [0, 0.1) is 11.8 Å². The molecule has 2 aliphatic heterocycles. The van der Waals surface area contributed by atoms with Crippen molar-refractivity contribution in [1.82, 2.24) is 4.90 Å². The molecule has 2 nitrogen and oxygen atoms in total. The fourth-order valence-electron chi connectivity index (χ4n) is 2.64. The summed E-state index contributed by atoms with van der Waals surface area (Å²) in [6, 6.07) is 0. The van der Waals surface area contributed by atoms with Crippen molar-refractivity contribution in [3.8, 4) is 0 Å². The third-order valence-electron chi connectivity index (χ3n) is 3.86. The van der Waals surface area contributed by atoms with Crippen LogP contribution in [0.1, 0.15) is 33.1 Å². The summed E-state index contributed by atoms with van der Waals surface area (Å²) in [6.45, 7) is 8.15. The lowest BCUT2D eigenvalue weighted by molar-refractivity contribution is 0.341. The minimum Gasteiger partial charge on any atom is -0.351 e. The summed E-state index contributed by atoms with van der Waals surface area (Å²) in [5, 5.41) is 3.03. The summed E-state index contributed by atoms with van der Waals surface area (Å²) >= 11 is 5.52. The number of nitrogens with zero attached hydrogens (tertiary/aromatic N) is 2. The Bertz CT molecular complexity index is 281. The van der Waals surface area contributed by atoms with Crippen molar-refractivity contribution < 1.29 is 0 Å². The van der Waals surface area contributed by atoms with E-state index >= 15 is 0 Å². The summed E-state index contributed by atoms with van der Waals surface area (Å²) in [7, 11) is 0. The van der Waals surface area contributed by atoms with Crippen molar-refractivity contribution in [3.05, 3.63) is 0 Å². The van der Waals surface area contributed by atoms with Crippen molar-refractivity contribution >= 4 is 32.9 Å². The number of alkyl halides is 1. The van der Waals surface area contributed by atoms with E-state index in [2.05, 4.69) is 34.7 Å². The van der Waals surface area contributed by atoms with E-state index in [1.54, 1.807) is 0 Å². The van der Waals surface area contributed by atoms with E-state index < -0.39 is 0 Å². The van der Waals surface area contributed by atoms with Crippen molar-refractivity contribution in [2.24, 2.45) is 16.8 Å². The Morgan fingerprint density at radius 1 is 1.41 bits per heavy atom. The second-order valence-corrected chi connectivity index (χ2v) is 7.35. The zero-order valence-corrected chi connectivity index (χ0v) is 13.3. The Balaban J connectivity index is 1.87. The zero-order chi connectivity index (χ0) is 12.3. The van der Waals surface area contributed by atoms with Gasteiger partial charge in [-0.3, -0.25) is 4.99 Å². The minimum atomic E-state index is 0.661. The number of hydrogen-bond donors (Lipinski definition) is 0. The van der Waals surface area contributed by atoms with E-state index in [4.69, 9.17) is 4.99 Å². The largest absolute Gasteiger partial charge is 0.351 e. The average molecular weight is 319 g/mol. The van der Waals surface area contributed by atoms with Gasteiger partial charge < -0.3 is 4.90 Å². The maximum atomic E-state index is 4.70. The van der Waals surface area contributed by atoms with Crippen LogP contribution < -0.4 is 0 Å². The molecule has 0 aromatic carbocycles. The quantitative estimate of drug-likeness (QED) is 0.723. The fourth-order valence-corrected chi connectivity index (χ4v) is 4.23. The van der Waals surface area contributed by atoms with Gasteiger partial charge >= 0.3 is 0 Å². The Morgan fingerprint density at radius 2 is 2.24 bits per heavy atom. The molecule has 0 bridgehead atoms. The van der Waals surface area contributed by atoms with E-state index in [9.17, 15) is 0 Å². The summed E-state index contributed by atoms with van der Waals surface area (Å²) in [4.78, 5) is 7.22. The third-order valence-corrected chi connectivity index (χ3v) is 6.32. The van der Waals surface area contributed by atoms with Gasteiger partial charge in [0.05, 0.1) is 6.54 Å². The lowest BCUT2D eigenvalue weighted by Gasteiger charge is -2.23. The first kappa shape index (κ1) is 13.7. The lowest BCUT2D eigenvalue weighted by Crippen LogP contribution is -2.29. The van der Waals surface area contributed by atoms with Crippen LogP contribution in [0.4, 0.5) is 0 Å². The molecule has 0 aromatic heterocycles. The van der Waals surface area contributed by atoms with Crippen LogP contribution in [-0.4, -0.2) is 40.3 Å². The number of thioether (sulfide) groups is 1. The van der Waals surface area contributed by atoms with Crippen LogP contribution in [0.3, 0.4) is 0 Å². The monoisotopic (exact) mass is 318 g/mol. The first-order valence-corrected chi connectivity index (χ1v) is 8.73. The van der Waals surface area contributed by atoms with Gasteiger partial charge in [0.15, 0.2) is 5.17 Å². The molecule has 2 aliphatic rings. The van der Waals surface area contributed by atoms with Crippen molar-refractivity contribution in [2.45, 2.75) is 38.4 Å². The minimum absolute atomic E-state index is 0.661. The number of amidine groups is 1. The Kier molecular flexibility index (Phi) is 5.22.